The zero-order valence-electron chi connectivity index (χ0n) is 18.5. The quantitative estimate of drug-likeness (QED) is 0.187. The third-order valence-electron chi connectivity index (χ3n) is 6.66. The first-order valence-electron chi connectivity index (χ1n) is 11.4. The second kappa shape index (κ2) is 8.04. The Balaban J connectivity index is 1.71. The van der Waals surface area contributed by atoms with E-state index in [-0.39, 0.29) is 0 Å². The second-order valence-corrected chi connectivity index (χ2v) is 10.6. The summed E-state index contributed by atoms with van der Waals surface area (Å²) in [7, 11) is 0. The lowest BCUT2D eigenvalue weighted by Gasteiger charge is -2.13. The molecule has 166 valence electrons. The van der Waals surface area contributed by atoms with Gasteiger partial charge in [0.25, 0.3) is 0 Å². The first-order valence-corrected chi connectivity index (χ1v) is 13.0. The minimum atomic E-state index is 0.936. The lowest BCUT2D eigenvalue weighted by molar-refractivity contribution is 1.11. The average molecular weight is 578 g/mol. The Labute approximate surface area is 219 Å². The summed E-state index contributed by atoms with van der Waals surface area (Å²) >= 11 is 7.41. The summed E-state index contributed by atoms with van der Waals surface area (Å²) < 4.78 is 4.41. The van der Waals surface area contributed by atoms with Gasteiger partial charge < -0.3 is 0 Å². The van der Waals surface area contributed by atoms with E-state index in [1.165, 1.54) is 26.9 Å². The number of para-hydroxylation sites is 1. The number of rotatable bonds is 2. The van der Waals surface area contributed by atoms with Gasteiger partial charge in [-0.3, -0.25) is 4.57 Å². The molecule has 6 aromatic carbocycles. The molecule has 0 bridgehead atoms. The smallest absolute Gasteiger partial charge is 0.145 e. The summed E-state index contributed by atoms with van der Waals surface area (Å²) in [5, 5.41) is 7.16. The lowest BCUT2D eigenvalue weighted by atomic mass is 10.00. The van der Waals surface area contributed by atoms with Crippen LogP contribution in [0.1, 0.15) is 0 Å². The van der Waals surface area contributed by atoms with E-state index in [1.54, 1.807) is 0 Å². The van der Waals surface area contributed by atoms with Crippen molar-refractivity contribution in [1.82, 2.24) is 9.55 Å². The predicted molar refractivity (Wildman–Crippen MR) is 154 cm³/mol. The van der Waals surface area contributed by atoms with Crippen molar-refractivity contribution in [3.63, 3.8) is 0 Å². The van der Waals surface area contributed by atoms with E-state index in [2.05, 4.69) is 146 Å². The van der Waals surface area contributed by atoms with Gasteiger partial charge in [0.1, 0.15) is 5.82 Å². The highest BCUT2D eigenvalue weighted by Gasteiger charge is 2.20. The molecule has 0 fully saturated rings. The normalized spacial score (nSPS) is 11.7. The molecule has 0 amide bonds. The van der Waals surface area contributed by atoms with Crippen LogP contribution in [0.2, 0.25) is 0 Å². The molecule has 0 radical (unpaired) electrons. The Morgan fingerprint density at radius 2 is 1.20 bits per heavy atom. The fourth-order valence-corrected chi connectivity index (χ4v) is 5.82. The van der Waals surface area contributed by atoms with Crippen molar-refractivity contribution in [3.05, 3.63) is 118 Å². The fraction of sp³-hybridized carbons (Fsp3) is 0. The van der Waals surface area contributed by atoms with Gasteiger partial charge in [0.05, 0.1) is 11.0 Å². The fourth-order valence-electron chi connectivity index (χ4n) is 5.10. The van der Waals surface area contributed by atoms with Crippen LogP contribution >= 0.6 is 31.9 Å². The van der Waals surface area contributed by atoms with E-state index < -0.39 is 0 Å². The Morgan fingerprint density at radius 3 is 1.97 bits per heavy atom. The van der Waals surface area contributed by atoms with Crippen LogP contribution in [0.15, 0.2) is 118 Å². The van der Waals surface area contributed by atoms with Gasteiger partial charge in [-0.15, -0.1) is 0 Å². The molecule has 0 saturated carbocycles. The van der Waals surface area contributed by atoms with E-state index >= 15 is 0 Å². The minimum absolute atomic E-state index is 0.936. The zero-order chi connectivity index (χ0) is 23.5. The number of fused-ring (bicyclic) bond motifs is 7. The summed E-state index contributed by atoms with van der Waals surface area (Å²) in [4.78, 5) is 5.34. The van der Waals surface area contributed by atoms with Crippen LogP contribution in [-0.4, -0.2) is 9.55 Å². The van der Waals surface area contributed by atoms with E-state index in [1.807, 2.05) is 0 Å². The summed E-state index contributed by atoms with van der Waals surface area (Å²) in [5.41, 5.74) is 4.30. The molecule has 1 heterocycles. The van der Waals surface area contributed by atoms with Crippen LogP contribution < -0.4 is 0 Å². The summed E-state index contributed by atoms with van der Waals surface area (Å²) in [5.74, 6) is 0.936. The number of imidazole rings is 1. The third-order valence-corrected chi connectivity index (χ3v) is 7.65. The van der Waals surface area contributed by atoms with Gasteiger partial charge in [-0.2, -0.15) is 0 Å². The summed E-state index contributed by atoms with van der Waals surface area (Å²) in [6, 6.07) is 38.6. The highest BCUT2D eigenvalue weighted by atomic mass is 79.9. The van der Waals surface area contributed by atoms with Gasteiger partial charge in [0.15, 0.2) is 0 Å². The number of aromatic nitrogens is 2. The SMILES string of the molecule is Brc1ccc2c3ccc(Br)cc3c3c(nc(-c4ccc5ccccc5c4)n3-c3ccccc3)c2c1. The lowest BCUT2D eigenvalue weighted by Crippen LogP contribution is -1.98. The highest BCUT2D eigenvalue weighted by Crippen LogP contribution is 2.41. The first-order chi connectivity index (χ1) is 17.2. The van der Waals surface area contributed by atoms with Crippen molar-refractivity contribution in [1.29, 1.82) is 0 Å². The molecular formula is C31H18Br2N2. The van der Waals surface area contributed by atoms with Gasteiger partial charge in [0.2, 0.25) is 0 Å². The van der Waals surface area contributed by atoms with E-state index in [0.717, 1.165) is 42.4 Å². The Kier molecular flexibility index (Phi) is 4.80. The van der Waals surface area contributed by atoms with Crippen LogP contribution in [0.5, 0.6) is 0 Å². The second-order valence-electron chi connectivity index (χ2n) is 8.75. The summed E-state index contributed by atoms with van der Waals surface area (Å²) in [6.07, 6.45) is 0. The van der Waals surface area contributed by atoms with Crippen LogP contribution in [0.25, 0.3) is 60.4 Å². The van der Waals surface area contributed by atoms with Crippen LogP contribution in [0, 0.1) is 0 Å². The third kappa shape index (κ3) is 3.32. The number of halogens is 2. The van der Waals surface area contributed by atoms with Crippen molar-refractivity contribution in [3.8, 4) is 17.1 Å². The van der Waals surface area contributed by atoms with E-state index in [4.69, 9.17) is 4.98 Å². The molecule has 0 saturated heterocycles. The predicted octanol–water partition coefficient (Wildman–Crippen LogP) is 9.68. The van der Waals surface area contributed by atoms with Crippen molar-refractivity contribution in [2.75, 3.05) is 0 Å². The zero-order valence-corrected chi connectivity index (χ0v) is 21.7. The van der Waals surface area contributed by atoms with E-state index in [0.29, 0.717) is 0 Å². The van der Waals surface area contributed by atoms with Crippen molar-refractivity contribution >= 4 is 75.2 Å². The largest absolute Gasteiger partial charge is 0.292 e. The summed E-state index contributed by atoms with van der Waals surface area (Å²) in [6.45, 7) is 0. The molecule has 0 aliphatic carbocycles. The molecule has 7 rings (SSSR count). The molecule has 2 nitrogen and oxygen atoms in total. The van der Waals surface area contributed by atoms with Gasteiger partial charge in [-0.05, 0) is 64.0 Å². The van der Waals surface area contributed by atoms with Crippen molar-refractivity contribution in [2.45, 2.75) is 0 Å². The van der Waals surface area contributed by atoms with E-state index in [9.17, 15) is 0 Å². The van der Waals surface area contributed by atoms with Gasteiger partial charge in [0, 0.05) is 31.0 Å². The first kappa shape index (κ1) is 20.9. The Hall–Kier alpha value is -3.47. The molecule has 35 heavy (non-hydrogen) atoms. The van der Waals surface area contributed by atoms with Gasteiger partial charge >= 0.3 is 0 Å². The Morgan fingerprint density at radius 1 is 0.543 bits per heavy atom. The maximum absolute atomic E-state index is 5.34. The average Bonchev–Trinajstić information content (AvgIpc) is 3.30. The standard InChI is InChI=1S/C31H18Br2N2/c32-22-12-14-25-26-15-13-23(33)18-28(26)30-29(27(25)17-22)34-31(35(30)24-8-2-1-3-9-24)21-11-10-19-6-4-5-7-20(19)16-21/h1-18H. The monoisotopic (exact) mass is 576 g/mol. The molecule has 0 aliphatic rings. The molecule has 1 aromatic heterocycles. The van der Waals surface area contributed by atoms with Crippen molar-refractivity contribution < 1.29 is 0 Å². The molecular weight excluding hydrogens is 560 g/mol. The maximum atomic E-state index is 5.34. The van der Waals surface area contributed by atoms with Crippen LogP contribution in [0.4, 0.5) is 0 Å². The molecule has 0 aliphatic heterocycles. The topological polar surface area (TPSA) is 17.8 Å². The Bertz CT molecular complexity index is 1920. The van der Waals surface area contributed by atoms with Crippen molar-refractivity contribution in [2.24, 2.45) is 0 Å². The molecule has 7 aromatic rings. The number of hydrogen-bond donors (Lipinski definition) is 0. The van der Waals surface area contributed by atoms with Gasteiger partial charge in [-0.1, -0.05) is 98.6 Å². The maximum Gasteiger partial charge on any atom is 0.145 e. The molecule has 0 N–H and O–H groups in total. The number of hydrogen-bond acceptors (Lipinski definition) is 1. The van der Waals surface area contributed by atoms with Crippen LogP contribution in [-0.2, 0) is 0 Å². The number of benzene rings is 6. The van der Waals surface area contributed by atoms with Gasteiger partial charge in [-0.25, -0.2) is 4.98 Å². The minimum Gasteiger partial charge on any atom is -0.292 e. The molecule has 0 spiro atoms. The molecule has 0 unspecified atom stereocenters. The number of nitrogens with zero attached hydrogens (tertiary/aromatic N) is 2. The molecule has 0 atom stereocenters. The highest BCUT2D eigenvalue weighted by molar-refractivity contribution is 9.10. The van der Waals surface area contributed by atoms with Crippen LogP contribution in [0.3, 0.4) is 0 Å². The molecule has 4 heteroatoms.